The Morgan fingerprint density at radius 3 is 2.50 bits per heavy atom. The predicted molar refractivity (Wildman–Crippen MR) is 55.4 cm³/mol. The smallest absolute Gasteiger partial charge is 0.357 e. The van der Waals surface area contributed by atoms with Crippen molar-refractivity contribution in [2.24, 2.45) is 5.73 Å². The van der Waals surface area contributed by atoms with Crippen LogP contribution in [0, 0.1) is 6.92 Å². The maximum atomic E-state index is 11.3. The lowest BCUT2D eigenvalue weighted by Gasteiger charge is -2.13. The van der Waals surface area contributed by atoms with E-state index in [0.717, 1.165) is 9.88 Å². The number of aryl methyl sites for hydroxylation is 1. The largest absolute Gasteiger partial charge is 0.464 e. The van der Waals surface area contributed by atoms with Crippen molar-refractivity contribution in [3.63, 3.8) is 0 Å². The summed E-state index contributed by atoms with van der Waals surface area (Å²) in [5, 5.41) is 0.746. The topological polar surface area (TPSA) is 65.2 Å². The van der Waals surface area contributed by atoms with E-state index in [1.807, 2.05) is 20.8 Å². The molecule has 14 heavy (non-hydrogen) atoms. The van der Waals surface area contributed by atoms with Gasteiger partial charge in [0.1, 0.15) is 5.01 Å². The Morgan fingerprint density at radius 1 is 1.57 bits per heavy atom. The van der Waals surface area contributed by atoms with Gasteiger partial charge in [-0.3, -0.25) is 0 Å². The van der Waals surface area contributed by atoms with Gasteiger partial charge < -0.3 is 10.5 Å². The number of methoxy groups -OCH3 is 1. The van der Waals surface area contributed by atoms with Crippen molar-refractivity contribution in [2.75, 3.05) is 7.11 Å². The summed E-state index contributed by atoms with van der Waals surface area (Å²) >= 11 is 1.43. The molecule has 1 rings (SSSR count). The van der Waals surface area contributed by atoms with Crippen LogP contribution in [-0.2, 0) is 10.3 Å². The molecule has 0 saturated carbocycles. The summed E-state index contributed by atoms with van der Waals surface area (Å²) in [5.74, 6) is -0.408. The van der Waals surface area contributed by atoms with Crippen LogP contribution in [0.1, 0.15) is 34.2 Å². The van der Waals surface area contributed by atoms with Crippen molar-refractivity contribution in [3.05, 3.63) is 15.6 Å². The zero-order valence-electron chi connectivity index (χ0n) is 8.75. The van der Waals surface area contributed by atoms with Crippen molar-refractivity contribution < 1.29 is 9.53 Å². The summed E-state index contributed by atoms with van der Waals surface area (Å²) < 4.78 is 4.61. The highest BCUT2D eigenvalue weighted by Crippen LogP contribution is 2.25. The average molecular weight is 214 g/mol. The molecule has 0 bridgehead atoms. The first kappa shape index (κ1) is 11.1. The molecule has 2 N–H and O–H groups in total. The molecular weight excluding hydrogens is 200 g/mol. The van der Waals surface area contributed by atoms with Crippen molar-refractivity contribution in [1.29, 1.82) is 0 Å². The molecule has 4 nitrogen and oxygen atoms in total. The maximum Gasteiger partial charge on any atom is 0.357 e. The molecule has 0 aliphatic rings. The molecule has 78 valence electrons. The monoisotopic (exact) mass is 214 g/mol. The third-order valence-corrected chi connectivity index (χ3v) is 3.04. The van der Waals surface area contributed by atoms with Crippen molar-refractivity contribution in [3.8, 4) is 0 Å². The molecule has 0 aromatic carbocycles. The van der Waals surface area contributed by atoms with E-state index in [4.69, 9.17) is 5.73 Å². The number of nitrogens with two attached hydrogens (primary N) is 1. The van der Waals surface area contributed by atoms with E-state index >= 15 is 0 Å². The summed E-state index contributed by atoms with van der Waals surface area (Å²) in [5.41, 5.74) is 5.73. The molecule has 0 aliphatic carbocycles. The molecule has 5 heteroatoms. The second kappa shape index (κ2) is 3.67. The van der Waals surface area contributed by atoms with Gasteiger partial charge in [-0.15, -0.1) is 11.3 Å². The molecule has 0 aliphatic heterocycles. The lowest BCUT2D eigenvalue weighted by atomic mass is 10.1. The minimum absolute atomic E-state index is 0.367. The lowest BCUT2D eigenvalue weighted by Crippen LogP contribution is -2.28. The molecule has 1 aromatic heterocycles. The number of aromatic nitrogens is 1. The minimum atomic E-state index is -0.512. The van der Waals surface area contributed by atoms with E-state index in [2.05, 4.69) is 9.72 Å². The van der Waals surface area contributed by atoms with Crippen LogP contribution in [-0.4, -0.2) is 18.1 Å². The Hall–Kier alpha value is -0.940. The first-order valence-electron chi connectivity index (χ1n) is 4.21. The van der Waals surface area contributed by atoms with Gasteiger partial charge in [0.15, 0.2) is 5.69 Å². The zero-order valence-corrected chi connectivity index (χ0v) is 9.57. The lowest BCUT2D eigenvalue weighted by molar-refractivity contribution is 0.0594. The highest BCUT2D eigenvalue weighted by molar-refractivity contribution is 7.12. The number of hydrogen-bond acceptors (Lipinski definition) is 5. The van der Waals surface area contributed by atoms with Gasteiger partial charge in [0.05, 0.1) is 12.6 Å². The first-order chi connectivity index (χ1) is 6.36. The van der Waals surface area contributed by atoms with Crippen LogP contribution in [0.5, 0.6) is 0 Å². The van der Waals surface area contributed by atoms with Gasteiger partial charge in [0.25, 0.3) is 0 Å². The predicted octanol–water partition coefficient (Wildman–Crippen LogP) is 1.43. The van der Waals surface area contributed by atoms with Gasteiger partial charge in [-0.05, 0) is 20.8 Å². The SMILES string of the molecule is COC(=O)c1nc(C(C)(C)N)sc1C. The highest BCUT2D eigenvalue weighted by atomic mass is 32.1. The summed E-state index contributed by atoms with van der Waals surface area (Å²) in [6.45, 7) is 5.54. The Labute approximate surface area is 87.1 Å². The van der Waals surface area contributed by atoms with Gasteiger partial charge in [-0.2, -0.15) is 0 Å². The van der Waals surface area contributed by atoms with E-state index < -0.39 is 11.5 Å². The first-order valence-corrected chi connectivity index (χ1v) is 5.03. The molecular formula is C9H14N2O2S. The number of rotatable bonds is 2. The molecule has 0 atom stereocenters. The van der Waals surface area contributed by atoms with Gasteiger partial charge in [0, 0.05) is 4.88 Å². The average Bonchev–Trinajstić information content (AvgIpc) is 2.45. The Balaban J connectivity index is 3.12. The second-order valence-electron chi connectivity index (χ2n) is 3.64. The van der Waals surface area contributed by atoms with E-state index in [-0.39, 0.29) is 0 Å². The molecule has 0 unspecified atom stereocenters. The van der Waals surface area contributed by atoms with Crippen molar-refractivity contribution in [2.45, 2.75) is 26.3 Å². The number of ether oxygens (including phenoxy) is 1. The number of thiazole rings is 1. The number of carbonyl (C=O) groups is 1. The van der Waals surface area contributed by atoms with E-state index in [1.54, 1.807) is 0 Å². The minimum Gasteiger partial charge on any atom is -0.464 e. The fraction of sp³-hybridized carbons (Fsp3) is 0.556. The summed E-state index contributed by atoms with van der Waals surface area (Å²) in [6, 6.07) is 0. The number of nitrogens with zero attached hydrogens (tertiary/aromatic N) is 1. The highest BCUT2D eigenvalue weighted by Gasteiger charge is 2.23. The molecule has 1 aromatic rings. The van der Waals surface area contributed by atoms with Crippen LogP contribution < -0.4 is 5.73 Å². The summed E-state index contributed by atoms with van der Waals surface area (Å²) in [7, 11) is 1.34. The zero-order chi connectivity index (χ0) is 10.9. The van der Waals surface area contributed by atoms with Gasteiger partial charge in [-0.1, -0.05) is 0 Å². The van der Waals surface area contributed by atoms with Crippen LogP contribution in [0.3, 0.4) is 0 Å². The third kappa shape index (κ3) is 2.10. The normalized spacial score (nSPS) is 11.5. The Bertz CT molecular complexity index is 352. The van der Waals surface area contributed by atoms with Crippen LogP contribution in [0.4, 0.5) is 0 Å². The second-order valence-corrected chi connectivity index (χ2v) is 4.84. The van der Waals surface area contributed by atoms with Crippen LogP contribution >= 0.6 is 11.3 Å². The van der Waals surface area contributed by atoms with E-state index in [0.29, 0.717) is 5.69 Å². The number of hydrogen-bond donors (Lipinski definition) is 1. The van der Waals surface area contributed by atoms with Gasteiger partial charge in [0.2, 0.25) is 0 Å². The quantitative estimate of drug-likeness (QED) is 0.756. The fourth-order valence-corrected chi connectivity index (χ4v) is 1.87. The fourth-order valence-electron chi connectivity index (χ4n) is 0.958. The third-order valence-electron chi connectivity index (χ3n) is 1.73. The van der Waals surface area contributed by atoms with Crippen LogP contribution in [0.2, 0.25) is 0 Å². The van der Waals surface area contributed by atoms with Crippen molar-refractivity contribution >= 4 is 17.3 Å². The van der Waals surface area contributed by atoms with Gasteiger partial charge in [-0.25, -0.2) is 9.78 Å². The molecule has 0 radical (unpaired) electrons. The summed E-state index contributed by atoms with van der Waals surface area (Å²) in [4.78, 5) is 16.3. The Morgan fingerprint density at radius 2 is 2.14 bits per heavy atom. The summed E-state index contributed by atoms with van der Waals surface area (Å²) in [6.07, 6.45) is 0. The van der Waals surface area contributed by atoms with Gasteiger partial charge >= 0.3 is 5.97 Å². The molecule has 1 heterocycles. The standard InChI is InChI=1S/C9H14N2O2S/c1-5-6(7(12)13-4)11-8(14-5)9(2,3)10/h10H2,1-4H3. The van der Waals surface area contributed by atoms with Crippen molar-refractivity contribution in [1.82, 2.24) is 4.98 Å². The number of esters is 1. The van der Waals surface area contributed by atoms with Crippen LogP contribution in [0.25, 0.3) is 0 Å². The maximum absolute atomic E-state index is 11.3. The van der Waals surface area contributed by atoms with E-state index in [9.17, 15) is 4.79 Å². The molecule has 0 spiro atoms. The molecule has 0 saturated heterocycles. The number of carbonyl (C=O) groups excluding carboxylic acids is 1. The van der Waals surface area contributed by atoms with Crippen LogP contribution in [0.15, 0.2) is 0 Å². The molecule has 0 fully saturated rings. The molecule has 0 amide bonds. The van der Waals surface area contributed by atoms with E-state index in [1.165, 1.54) is 18.4 Å². The Kier molecular flexibility index (Phi) is 2.92.